The third-order valence-corrected chi connectivity index (χ3v) is 1.17. The van der Waals surface area contributed by atoms with Crippen LogP contribution in [0.15, 0.2) is 40.9 Å². The molecule has 0 amide bonds. The van der Waals surface area contributed by atoms with Gasteiger partial charge >= 0.3 is 0 Å². The van der Waals surface area contributed by atoms with Gasteiger partial charge in [0.05, 0.1) is 6.54 Å². The van der Waals surface area contributed by atoms with Gasteiger partial charge in [-0.15, -0.1) is 0 Å². The molecule has 0 atom stereocenters. The van der Waals surface area contributed by atoms with Crippen molar-refractivity contribution in [1.82, 2.24) is 0 Å². The monoisotopic (exact) mass is 149 g/mol. The number of nitrogens with zero attached hydrogens (tertiary/aromatic N) is 1. The molecule has 1 heteroatoms. The number of hydrogen-bond acceptors (Lipinski definition) is 1. The quantitative estimate of drug-likeness (QED) is 0.430. The lowest BCUT2D eigenvalue weighted by Crippen LogP contribution is -1.81. The summed E-state index contributed by atoms with van der Waals surface area (Å²) < 4.78 is 0. The van der Waals surface area contributed by atoms with Gasteiger partial charge in [0.2, 0.25) is 0 Å². The smallest absolute Gasteiger partial charge is 0.0593 e. The normalized spacial score (nSPS) is 12.0. The van der Waals surface area contributed by atoms with E-state index in [0.717, 1.165) is 5.57 Å². The highest BCUT2D eigenvalue weighted by Crippen LogP contribution is 2.01. The molecule has 0 bridgehead atoms. The Hall–Kier alpha value is -1.11. The van der Waals surface area contributed by atoms with Gasteiger partial charge in [0.1, 0.15) is 0 Å². The minimum atomic E-state index is 0.691. The maximum absolute atomic E-state index is 3.84. The summed E-state index contributed by atoms with van der Waals surface area (Å²) in [5, 5.41) is 0. The number of aliphatic imine (C=N–C) groups is 1. The van der Waals surface area contributed by atoms with E-state index in [1.54, 1.807) is 0 Å². The second-order valence-corrected chi connectivity index (χ2v) is 2.45. The van der Waals surface area contributed by atoms with Gasteiger partial charge in [-0.25, -0.2) is 0 Å². The first-order chi connectivity index (χ1) is 5.20. The van der Waals surface area contributed by atoms with E-state index in [0.29, 0.717) is 6.54 Å². The van der Waals surface area contributed by atoms with Gasteiger partial charge < -0.3 is 0 Å². The van der Waals surface area contributed by atoms with E-state index in [1.165, 1.54) is 5.57 Å². The Morgan fingerprint density at radius 2 is 2.18 bits per heavy atom. The highest BCUT2D eigenvalue weighted by molar-refractivity contribution is 5.31. The molecule has 0 aliphatic heterocycles. The van der Waals surface area contributed by atoms with E-state index in [9.17, 15) is 0 Å². The van der Waals surface area contributed by atoms with Crippen LogP contribution >= 0.6 is 0 Å². The van der Waals surface area contributed by atoms with Gasteiger partial charge in [-0.05, 0) is 26.1 Å². The van der Waals surface area contributed by atoms with Crippen LogP contribution in [-0.4, -0.2) is 13.3 Å². The Balaban J connectivity index is 4.06. The van der Waals surface area contributed by atoms with Crippen molar-refractivity contribution in [2.24, 2.45) is 4.99 Å². The Morgan fingerprint density at radius 1 is 1.55 bits per heavy atom. The van der Waals surface area contributed by atoms with Crippen LogP contribution in [0.2, 0.25) is 0 Å². The minimum absolute atomic E-state index is 0.691. The lowest BCUT2D eigenvalue weighted by molar-refractivity contribution is 1.15. The molecule has 60 valence electrons. The molecule has 0 heterocycles. The molecule has 0 N–H and O–H groups in total. The highest BCUT2D eigenvalue weighted by Gasteiger charge is 1.85. The molecule has 0 aromatic rings. The van der Waals surface area contributed by atoms with E-state index in [-0.39, 0.29) is 0 Å². The fourth-order valence-electron chi connectivity index (χ4n) is 0.801. The maximum Gasteiger partial charge on any atom is 0.0593 e. The fraction of sp³-hybridized carbons (Fsp3) is 0.300. The van der Waals surface area contributed by atoms with E-state index in [1.807, 2.05) is 32.1 Å². The number of allylic oxidation sites excluding steroid dienone is 4. The average Bonchev–Trinajstić information content (AvgIpc) is 1.87. The van der Waals surface area contributed by atoms with E-state index in [4.69, 9.17) is 0 Å². The number of rotatable bonds is 4. The van der Waals surface area contributed by atoms with Crippen molar-refractivity contribution in [3.05, 3.63) is 36.0 Å². The van der Waals surface area contributed by atoms with Gasteiger partial charge in [0, 0.05) is 0 Å². The van der Waals surface area contributed by atoms with Crippen molar-refractivity contribution < 1.29 is 0 Å². The van der Waals surface area contributed by atoms with Crippen molar-refractivity contribution in [3.8, 4) is 0 Å². The molecule has 0 spiro atoms. The molecule has 0 unspecified atom stereocenters. The molecule has 0 aliphatic carbocycles. The molecule has 0 rings (SSSR count). The van der Waals surface area contributed by atoms with Gasteiger partial charge in [0.25, 0.3) is 0 Å². The van der Waals surface area contributed by atoms with Gasteiger partial charge in [-0.1, -0.05) is 30.4 Å². The molecule has 0 aliphatic rings. The van der Waals surface area contributed by atoms with Crippen molar-refractivity contribution in [2.45, 2.75) is 13.8 Å². The van der Waals surface area contributed by atoms with Crippen LogP contribution in [0.4, 0.5) is 0 Å². The molecule has 0 aromatic heterocycles. The van der Waals surface area contributed by atoms with Gasteiger partial charge in [-0.2, -0.15) is 0 Å². The van der Waals surface area contributed by atoms with Crippen molar-refractivity contribution in [2.75, 3.05) is 6.54 Å². The predicted octanol–water partition coefficient (Wildman–Crippen LogP) is 2.77. The molecule has 11 heavy (non-hydrogen) atoms. The second kappa shape index (κ2) is 5.66. The average molecular weight is 149 g/mol. The van der Waals surface area contributed by atoms with Crippen LogP contribution < -0.4 is 0 Å². The molecule has 0 fully saturated rings. The summed E-state index contributed by atoms with van der Waals surface area (Å²) in [5.74, 6) is 0. The zero-order valence-electron chi connectivity index (χ0n) is 7.30. The summed E-state index contributed by atoms with van der Waals surface area (Å²) in [6.45, 7) is 11.9. The first-order valence-electron chi connectivity index (χ1n) is 3.62. The van der Waals surface area contributed by atoms with Crippen LogP contribution in [-0.2, 0) is 0 Å². The van der Waals surface area contributed by atoms with E-state index < -0.39 is 0 Å². The van der Waals surface area contributed by atoms with E-state index in [2.05, 4.69) is 18.3 Å². The van der Waals surface area contributed by atoms with Gasteiger partial charge in [-0.3, -0.25) is 4.99 Å². The summed E-state index contributed by atoms with van der Waals surface area (Å²) >= 11 is 0. The predicted molar refractivity (Wildman–Crippen MR) is 52.1 cm³/mol. The molecule has 1 nitrogen and oxygen atoms in total. The molecular formula is C10H15N. The van der Waals surface area contributed by atoms with Crippen LogP contribution in [0, 0.1) is 0 Å². The Kier molecular flexibility index (Phi) is 5.09. The molecule has 0 radical (unpaired) electrons. The SMILES string of the molecule is C=NC/C(C)=C/C(=C)/C=C/C. The molecule has 0 aromatic carbocycles. The summed E-state index contributed by atoms with van der Waals surface area (Å²) in [5.41, 5.74) is 2.19. The topological polar surface area (TPSA) is 12.4 Å². The zero-order chi connectivity index (χ0) is 8.69. The molecule has 0 saturated heterocycles. The van der Waals surface area contributed by atoms with Gasteiger partial charge in [0.15, 0.2) is 0 Å². The standard InChI is InChI=1S/C10H15N/c1-5-6-9(2)7-10(3)8-11-4/h5-7H,2,4,8H2,1,3H3/b6-5+,10-7+. The maximum atomic E-state index is 3.84. The van der Waals surface area contributed by atoms with Crippen molar-refractivity contribution >= 4 is 6.72 Å². The third-order valence-electron chi connectivity index (χ3n) is 1.17. The summed E-state index contributed by atoms with van der Waals surface area (Å²) in [4.78, 5) is 3.77. The van der Waals surface area contributed by atoms with Crippen LogP contribution in [0.1, 0.15) is 13.8 Å². The zero-order valence-corrected chi connectivity index (χ0v) is 7.30. The fourth-order valence-corrected chi connectivity index (χ4v) is 0.801. The summed E-state index contributed by atoms with van der Waals surface area (Å²) in [7, 11) is 0. The van der Waals surface area contributed by atoms with E-state index >= 15 is 0 Å². The number of hydrogen-bond donors (Lipinski definition) is 0. The minimum Gasteiger partial charge on any atom is -0.297 e. The Labute approximate surface area is 68.9 Å². The lowest BCUT2D eigenvalue weighted by atomic mass is 10.2. The largest absolute Gasteiger partial charge is 0.297 e. The van der Waals surface area contributed by atoms with Crippen molar-refractivity contribution in [3.63, 3.8) is 0 Å². The highest BCUT2D eigenvalue weighted by atomic mass is 14.7. The third kappa shape index (κ3) is 5.34. The van der Waals surface area contributed by atoms with Crippen LogP contribution in [0.3, 0.4) is 0 Å². The molecular weight excluding hydrogens is 134 g/mol. The first-order valence-corrected chi connectivity index (χ1v) is 3.62. The Bertz CT molecular complexity index is 197. The first kappa shape index (κ1) is 9.89. The van der Waals surface area contributed by atoms with Crippen molar-refractivity contribution in [1.29, 1.82) is 0 Å². The second-order valence-electron chi connectivity index (χ2n) is 2.45. The van der Waals surface area contributed by atoms with Crippen LogP contribution in [0.5, 0.6) is 0 Å². The summed E-state index contributed by atoms with van der Waals surface area (Å²) in [6.07, 6.45) is 5.94. The molecule has 0 saturated carbocycles. The summed E-state index contributed by atoms with van der Waals surface area (Å²) in [6, 6.07) is 0. The van der Waals surface area contributed by atoms with Crippen LogP contribution in [0.25, 0.3) is 0 Å². The Morgan fingerprint density at radius 3 is 2.64 bits per heavy atom. The lowest BCUT2D eigenvalue weighted by Gasteiger charge is -1.94.